The Hall–Kier alpha value is -0.906. The molecule has 4 aliphatic rings. The smallest absolute Gasteiger partial charge is 0.230 e. The van der Waals surface area contributed by atoms with Gasteiger partial charge in [0.2, 0.25) is 11.2 Å². The average Bonchev–Trinajstić information content (AvgIpc) is 3.16. The molecule has 4 bridgehead atoms. The third-order valence-electron chi connectivity index (χ3n) is 9.69. The van der Waals surface area contributed by atoms with E-state index in [1.54, 1.807) is 0 Å². The first-order chi connectivity index (χ1) is 19.3. The predicted molar refractivity (Wildman–Crippen MR) is 175 cm³/mol. The molecule has 41 heavy (non-hydrogen) atoms. The minimum atomic E-state index is -1.53. The highest BCUT2D eigenvalue weighted by molar-refractivity contribution is 6.76. The third-order valence-corrected chi connectivity index (χ3v) is 13.4. The Labute approximate surface area is 258 Å². The molecular formula is C31H49Cl2N3O3Si2. The van der Waals surface area contributed by atoms with Crippen molar-refractivity contribution in [2.75, 3.05) is 18.0 Å². The van der Waals surface area contributed by atoms with E-state index in [2.05, 4.69) is 49.6 Å². The van der Waals surface area contributed by atoms with Gasteiger partial charge in [0, 0.05) is 28.4 Å². The van der Waals surface area contributed by atoms with Crippen molar-refractivity contribution in [1.29, 1.82) is 0 Å². The van der Waals surface area contributed by atoms with E-state index >= 15 is 0 Å². The lowest BCUT2D eigenvalue weighted by atomic mass is 9.49. The lowest BCUT2D eigenvalue weighted by Crippen LogP contribution is -2.54. The molecular weight excluding hydrogens is 589 g/mol. The highest BCUT2D eigenvalue weighted by Gasteiger charge is 2.54. The standard InChI is InChI=1S/C31H49Cl2N3O3Si2/c1-40(2,3)10-9-38-19-36-26-16-24(7-8-25(26)35-31(36)33)34-30(37)29(27(39-18-32)17-41(4,5)6)28-22-12-20-11-21(14-22)15-23(28)13-20/h7-8,16,20-23,27-29H,9-15,17-19H2,1-6H3,(H,34,37). The zero-order valence-electron chi connectivity index (χ0n) is 25.7. The molecule has 228 valence electrons. The Morgan fingerprint density at radius 3 is 2.29 bits per heavy atom. The SMILES string of the molecule is C[Si](C)(C)CCOCn1c(Cl)nc2ccc(NC(=O)C(C(C[Si](C)(C)C)OCCl)C3C4CC5CC(C4)CC3C5)cc21. The lowest BCUT2D eigenvalue weighted by molar-refractivity contribution is -0.139. The summed E-state index contributed by atoms with van der Waals surface area (Å²) < 4.78 is 14.1. The van der Waals surface area contributed by atoms with Crippen LogP contribution in [0.2, 0.25) is 56.7 Å². The molecule has 4 fully saturated rings. The molecule has 1 N–H and O–H groups in total. The molecule has 1 amide bonds. The number of rotatable bonds is 13. The van der Waals surface area contributed by atoms with Crippen molar-refractivity contribution >= 4 is 62.0 Å². The molecule has 0 saturated heterocycles. The predicted octanol–water partition coefficient (Wildman–Crippen LogP) is 8.55. The maximum Gasteiger partial charge on any atom is 0.230 e. The summed E-state index contributed by atoms with van der Waals surface area (Å²) in [5.41, 5.74) is 2.41. The molecule has 1 aromatic carbocycles. The Morgan fingerprint density at radius 2 is 1.71 bits per heavy atom. The van der Waals surface area contributed by atoms with Crippen LogP contribution >= 0.6 is 23.2 Å². The zero-order valence-corrected chi connectivity index (χ0v) is 29.2. The van der Waals surface area contributed by atoms with Crippen molar-refractivity contribution in [3.8, 4) is 0 Å². The number of nitrogens with zero attached hydrogens (tertiary/aromatic N) is 2. The summed E-state index contributed by atoms with van der Waals surface area (Å²) in [7, 11) is -2.72. The van der Waals surface area contributed by atoms with Gasteiger partial charge in [0.15, 0.2) is 0 Å². The highest BCUT2D eigenvalue weighted by atomic mass is 35.5. The van der Waals surface area contributed by atoms with E-state index in [0.29, 0.717) is 36.4 Å². The van der Waals surface area contributed by atoms with Crippen molar-refractivity contribution in [3.63, 3.8) is 0 Å². The number of benzene rings is 1. The van der Waals surface area contributed by atoms with Gasteiger partial charge in [0.25, 0.3) is 0 Å². The van der Waals surface area contributed by atoms with Gasteiger partial charge >= 0.3 is 0 Å². The van der Waals surface area contributed by atoms with E-state index < -0.39 is 16.1 Å². The van der Waals surface area contributed by atoms with Crippen LogP contribution in [-0.2, 0) is 21.0 Å². The van der Waals surface area contributed by atoms with Crippen molar-refractivity contribution in [1.82, 2.24) is 9.55 Å². The Balaban J connectivity index is 1.39. The summed E-state index contributed by atoms with van der Waals surface area (Å²) in [6.45, 7) is 15.1. The molecule has 6 rings (SSSR count). The molecule has 2 unspecified atom stereocenters. The van der Waals surface area contributed by atoms with E-state index in [1.165, 1.54) is 32.1 Å². The topological polar surface area (TPSA) is 65.4 Å². The number of halogens is 2. The van der Waals surface area contributed by atoms with Gasteiger partial charge in [-0.1, -0.05) is 50.9 Å². The number of carbonyl (C=O) groups is 1. The van der Waals surface area contributed by atoms with Crippen molar-refractivity contribution in [3.05, 3.63) is 23.5 Å². The number of fused-ring (bicyclic) bond motifs is 1. The van der Waals surface area contributed by atoms with E-state index in [-0.39, 0.29) is 24.0 Å². The molecule has 0 radical (unpaired) electrons. The van der Waals surface area contributed by atoms with Crippen LogP contribution in [0.4, 0.5) is 5.69 Å². The fourth-order valence-corrected chi connectivity index (χ4v) is 10.9. The van der Waals surface area contributed by atoms with Crippen molar-refractivity contribution in [2.45, 2.75) is 96.3 Å². The second-order valence-electron chi connectivity index (χ2n) is 15.5. The van der Waals surface area contributed by atoms with Crippen LogP contribution in [0.15, 0.2) is 18.2 Å². The van der Waals surface area contributed by atoms with E-state index in [0.717, 1.165) is 40.6 Å². The fraction of sp³-hybridized carbons (Fsp3) is 0.742. The molecule has 2 atom stereocenters. The zero-order chi connectivity index (χ0) is 29.5. The normalized spacial score (nSPS) is 27.4. The number of carbonyl (C=O) groups excluding carboxylic acids is 1. The lowest BCUT2D eigenvalue weighted by Gasteiger charge is -2.57. The third kappa shape index (κ3) is 7.61. The molecule has 4 saturated carbocycles. The van der Waals surface area contributed by atoms with Gasteiger partial charge < -0.3 is 14.8 Å². The number of anilines is 1. The Bertz CT molecular complexity index is 1200. The summed E-state index contributed by atoms with van der Waals surface area (Å²) in [6, 6.07) is 7.99. The summed E-state index contributed by atoms with van der Waals surface area (Å²) in [4.78, 5) is 18.9. The summed E-state index contributed by atoms with van der Waals surface area (Å²) in [5.74, 6) is 3.14. The van der Waals surface area contributed by atoms with Gasteiger partial charge in [0.05, 0.1) is 23.1 Å². The molecule has 0 aliphatic heterocycles. The number of alkyl halides is 1. The van der Waals surface area contributed by atoms with E-state index in [9.17, 15) is 4.79 Å². The summed E-state index contributed by atoms with van der Waals surface area (Å²) >= 11 is 12.7. The van der Waals surface area contributed by atoms with Gasteiger partial charge in [-0.2, -0.15) is 0 Å². The molecule has 6 nitrogen and oxygen atoms in total. The van der Waals surface area contributed by atoms with Crippen LogP contribution < -0.4 is 5.32 Å². The number of hydrogen-bond donors (Lipinski definition) is 1. The van der Waals surface area contributed by atoms with Crippen molar-refractivity contribution in [2.24, 2.45) is 35.5 Å². The van der Waals surface area contributed by atoms with Gasteiger partial charge in [-0.25, -0.2) is 4.98 Å². The number of nitrogens with one attached hydrogen (secondary N) is 1. The summed E-state index contributed by atoms with van der Waals surface area (Å²) in [5, 5.41) is 3.72. The fourth-order valence-electron chi connectivity index (χ4n) is 8.17. The Kier molecular flexibility index (Phi) is 9.69. The minimum Gasteiger partial charge on any atom is -0.362 e. The molecule has 2 aromatic rings. The largest absolute Gasteiger partial charge is 0.362 e. The second-order valence-corrected chi connectivity index (χ2v) is 27.2. The molecule has 10 heteroatoms. The Morgan fingerprint density at radius 1 is 1.05 bits per heavy atom. The minimum absolute atomic E-state index is 0.0683. The van der Waals surface area contributed by atoms with Gasteiger partial charge in [-0.3, -0.25) is 9.36 Å². The monoisotopic (exact) mass is 637 g/mol. The van der Waals surface area contributed by atoms with Crippen LogP contribution in [-0.4, -0.2) is 50.4 Å². The highest BCUT2D eigenvalue weighted by Crippen LogP contribution is 2.59. The number of imidazole rings is 1. The quantitative estimate of drug-likeness (QED) is 0.136. The van der Waals surface area contributed by atoms with Gasteiger partial charge in [0.1, 0.15) is 12.8 Å². The summed E-state index contributed by atoms with van der Waals surface area (Å²) in [6.07, 6.45) is 6.30. The molecule has 1 heterocycles. The first-order valence-electron chi connectivity index (χ1n) is 15.5. The molecule has 1 aromatic heterocycles. The second kappa shape index (κ2) is 12.6. The van der Waals surface area contributed by atoms with E-state index in [4.69, 9.17) is 32.7 Å². The van der Waals surface area contributed by atoms with Gasteiger partial charge in [-0.05, 0) is 104 Å². The average molecular weight is 639 g/mol. The van der Waals surface area contributed by atoms with Crippen LogP contribution in [0.1, 0.15) is 32.1 Å². The number of hydrogen-bond acceptors (Lipinski definition) is 4. The molecule has 4 aliphatic carbocycles. The van der Waals surface area contributed by atoms with Gasteiger partial charge in [-0.15, -0.1) is 0 Å². The first kappa shape index (κ1) is 31.5. The number of ether oxygens (including phenoxy) is 2. The van der Waals surface area contributed by atoms with Crippen LogP contribution in [0.3, 0.4) is 0 Å². The first-order valence-corrected chi connectivity index (χ1v) is 23.9. The van der Waals surface area contributed by atoms with Crippen LogP contribution in [0.5, 0.6) is 0 Å². The van der Waals surface area contributed by atoms with Crippen LogP contribution in [0.25, 0.3) is 11.0 Å². The number of aromatic nitrogens is 2. The van der Waals surface area contributed by atoms with E-state index in [1.807, 2.05) is 22.8 Å². The maximum absolute atomic E-state index is 14.4. The molecule has 0 spiro atoms. The number of amides is 1. The van der Waals surface area contributed by atoms with Crippen LogP contribution in [0, 0.1) is 35.5 Å². The maximum atomic E-state index is 14.4. The van der Waals surface area contributed by atoms with Crippen molar-refractivity contribution < 1.29 is 14.3 Å².